The van der Waals surface area contributed by atoms with Crippen LogP contribution in [0.3, 0.4) is 0 Å². The Morgan fingerprint density at radius 2 is 1.88 bits per heavy atom. The minimum absolute atomic E-state index is 0. The SMILES string of the molecule is CC1CCCC1NC(=O)C1CCCC(N)C1.Cl. The van der Waals surface area contributed by atoms with Crippen LogP contribution in [-0.2, 0) is 4.79 Å². The average Bonchev–Trinajstić information content (AvgIpc) is 2.64. The molecule has 4 unspecified atom stereocenters. The van der Waals surface area contributed by atoms with E-state index in [1.807, 2.05) is 0 Å². The summed E-state index contributed by atoms with van der Waals surface area (Å²) in [4.78, 5) is 12.1. The lowest BCUT2D eigenvalue weighted by Gasteiger charge is -2.27. The Bertz CT molecular complexity index is 260. The average molecular weight is 261 g/mol. The van der Waals surface area contributed by atoms with Crippen molar-refractivity contribution in [2.24, 2.45) is 17.6 Å². The molecule has 2 aliphatic carbocycles. The highest BCUT2D eigenvalue weighted by Crippen LogP contribution is 2.27. The van der Waals surface area contributed by atoms with Gasteiger partial charge in [0, 0.05) is 18.0 Å². The van der Waals surface area contributed by atoms with Crippen LogP contribution in [0.1, 0.15) is 51.9 Å². The molecule has 3 N–H and O–H groups in total. The second-order valence-corrected chi connectivity index (χ2v) is 5.65. The van der Waals surface area contributed by atoms with Gasteiger partial charge in [-0.15, -0.1) is 12.4 Å². The molecule has 2 aliphatic rings. The van der Waals surface area contributed by atoms with Crippen LogP contribution in [0.2, 0.25) is 0 Å². The first kappa shape index (κ1) is 14.8. The van der Waals surface area contributed by atoms with Gasteiger partial charge in [-0.1, -0.05) is 19.8 Å². The summed E-state index contributed by atoms with van der Waals surface area (Å²) in [6.07, 6.45) is 7.79. The zero-order valence-corrected chi connectivity index (χ0v) is 11.5. The lowest BCUT2D eigenvalue weighted by atomic mass is 9.85. The van der Waals surface area contributed by atoms with E-state index in [1.54, 1.807) is 0 Å². The monoisotopic (exact) mass is 260 g/mol. The van der Waals surface area contributed by atoms with Gasteiger partial charge in [-0.3, -0.25) is 4.79 Å². The van der Waals surface area contributed by atoms with Gasteiger partial charge in [-0.25, -0.2) is 0 Å². The first-order chi connectivity index (χ1) is 7.66. The maximum absolute atomic E-state index is 12.1. The topological polar surface area (TPSA) is 55.1 Å². The molecule has 4 atom stereocenters. The van der Waals surface area contributed by atoms with E-state index in [-0.39, 0.29) is 30.3 Å². The minimum Gasteiger partial charge on any atom is -0.353 e. The van der Waals surface area contributed by atoms with Crippen molar-refractivity contribution in [1.29, 1.82) is 0 Å². The number of halogens is 1. The van der Waals surface area contributed by atoms with E-state index in [0.29, 0.717) is 12.0 Å². The molecule has 1 amide bonds. The molecular weight excluding hydrogens is 236 g/mol. The third-order valence-electron chi connectivity index (χ3n) is 4.27. The highest BCUT2D eigenvalue weighted by Gasteiger charge is 2.30. The van der Waals surface area contributed by atoms with Gasteiger partial charge in [0.15, 0.2) is 0 Å². The predicted molar refractivity (Wildman–Crippen MR) is 72.1 cm³/mol. The molecule has 0 aromatic rings. The Kier molecular flexibility index (Phi) is 5.74. The molecule has 0 aromatic heterocycles. The smallest absolute Gasteiger partial charge is 0.223 e. The highest BCUT2D eigenvalue weighted by atomic mass is 35.5. The molecule has 0 aliphatic heterocycles. The molecule has 3 nitrogen and oxygen atoms in total. The lowest BCUT2D eigenvalue weighted by Crippen LogP contribution is -2.43. The van der Waals surface area contributed by atoms with Crippen molar-refractivity contribution in [2.45, 2.75) is 64.0 Å². The van der Waals surface area contributed by atoms with Crippen molar-refractivity contribution in [3.05, 3.63) is 0 Å². The summed E-state index contributed by atoms with van der Waals surface area (Å²) in [5.74, 6) is 1.09. The molecule has 0 heterocycles. The molecule has 2 rings (SSSR count). The van der Waals surface area contributed by atoms with Crippen LogP contribution in [0.15, 0.2) is 0 Å². The van der Waals surface area contributed by atoms with Crippen LogP contribution in [0.25, 0.3) is 0 Å². The van der Waals surface area contributed by atoms with E-state index < -0.39 is 0 Å². The van der Waals surface area contributed by atoms with Gasteiger partial charge in [-0.2, -0.15) is 0 Å². The molecule has 2 fully saturated rings. The standard InChI is InChI=1S/C13H24N2O.ClH/c1-9-4-2-7-12(9)15-13(16)10-5-3-6-11(14)8-10;/h9-12H,2-8,14H2,1H3,(H,15,16);1H. The zero-order valence-electron chi connectivity index (χ0n) is 10.7. The van der Waals surface area contributed by atoms with Gasteiger partial charge in [0.1, 0.15) is 0 Å². The van der Waals surface area contributed by atoms with Gasteiger partial charge in [0.25, 0.3) is 0 Å². The molecule has 17 heavy (non-hydrogen) atoms. The van der Waals surface area contributed by atoms with E-state index in [2.05, 4.69) is 12.2 Å². The Hall–Kier alpha value is -0.280. The molecule has 100 valence electrons. The summed E-state index contributed by atoms with van der Waals surface area (Å²) in [6.45, 7) is 2.24. The molecule has 0 spiro atoms. The van der Waals surface area contributed by atoms with Crippen LogP contribution in [0, 0.1) is 11.8 Å². The highest BCUT2D eigenvalue weighted by molar-refractivity contribution is 5.85. The Labute approximate surface area is 110 Å². The number of carbonyl (C=O) groups excluding carboxylic acids is 1. The van der Waals surface area contributed by atoms with Crippen LogP contribution >= 0.6 is 12.4 Å². The minimum atomic E-state index is 0. The molecular formula is C13H25ClN2O. The third kappa shape index (κ3) is 3.85. The van der Waals surface area contributed by atoms with Gasteiger partial charge in [0.2, 0.25) is 5.91 Å². The fourth-order valence-electron chi connectivity index (χ4n) is 3.13. The van der Waals surface area contributed by atoms with Gasteiger partial charge in [0.05, 0.1) is 0 Å². The van der Waals surface area contributed by atoms with E-state index in [9.17, 15) is 4.79 Å². The molecule has 0 aromatic carbocycles. The van der Waals surface area contributed by atoms with E-state index >= 15 is 0 Å². The Balaban J connectivity index is 0.00000144. The molecule has 0 radical (unpaired) electrons. The first-order valence-corrected chi connectivity index (χ1v) is 6.72. The number of rotatable bonds is 2. The van der Waals surface area contributed by atoms with Crippen molar-refractivity contribution in [3.63, 3.8) is 0 Å². The van der Waals surface area contributed by atoms with Crippen LogP contribution in [0.4, 0.5) is 0 Å². The van der Waals surface area contributed by atoms with Crippen LogP contribution < -0.4 is 11.1 Å². The fourth-order valence-corrected chi connectivity index (χ4v) is 3.13. The Morgan fingerprint density at radius 3 is 2.47 bits per heavy atom. The zero-order chi connectivity index (χ0) is 11.5. The largest absolute Gasteiger partial charge is 0.353 e. The van der Waals surface area contributed by atoms with Crippen molar-refractivity contribution in [1.82, 2.24) is 5.32 Å². The quantitative estimate of drug-likeness (QED) is 0.800. The number of carbonyl (C=O) groups is 1. The van der Waals surface area contributed by atoms with E-state index in [4.69, 9.17) is 5.73 Å². The second-order valence-electron chi connectivity index (χ2n) is 5.65. The van der Waals surface area contributed by atoms with Gasteiger partial charge in [-0.05, 0) is 38.0 Å². The van der Waals surface area contributed by atoms with Crippen molar-refractivity contribution in [3.8, 4) is 0 Å². The number of amides is 1. The summed E-state index contributed by atoms with van der Waals surface area (Å²) < 4.78 is 0. The molecule has 0 saturated heterocycles. The number of nitrogens with two attached hydrogens (primary N) is 1. The summed E-state index contributed by atoms with van der Waals surface area (Å²) in [5.41, 5.74) is 5.92. The van der Waals surface area contributed by atoms with Gasteiger partial charge < -0.3 is 11.1 Å². The fraction of sp³-hybridized carbons (Fsp3) is 0.923. The van der Waals surface area contributed by atoms with Crippen molar-refractivity contribution < 1.29 is 4.79 Å². The molecule has 4 heteroatoms. The predicted octanol–water partition coefficient (Wildman–Crippen LogP) is 2.23. The van der Waals surface area contributed by atoms with Crippen molar-refractivity contribution in [2.75, 3.05) is 0 Å². The van der Waals surface area contributed by atoms with Crippen LogP contribution in [0.5, 0.6) is 0 Å². The second kappa shape index (κ2) is 6.60. The van der Waals surface area contributed by atoms with E-state index in [1.165, 1.54) is 12.8 Å². The van der Waals surface area contributed by atoms with Crippen molar-refractivity contribution >= 4 is 18.3 Å². The first-order valence-electron chi connectivity index (χ1n) is 6.72. The third-order valence-corrected chi connectivity index (χ3v) is 4.27. The maximum Gasteiger partial charge on any atom is 0.223 e. The number of hydrogen-bond acceptors (Lipinski definition) is 2. The molecule has 2 saturated carbocycles. The van der Waals surface area contributed by atoms with Gasteiger partial charge >= 0.3 is 0 Å². The number of nitrogens with one attached hydrogen (secondary N) is 1. The van der Waals surface area contributed by atoms with Crippen LogP contribution in [-0.4, -0.2) is 18.0 Å². The summed E-state index contributed by atoms with van der Waals surface area (Å²) in [5, 5.41) is 3.22. The summed E-state index contributed by atoms with van der Waals surface area (Å²) in [7, 11) is 0. The summed E-state index contributed by atoms with van der Waals surface area (Å²) >= 11 is 0. The number of hydrogen-bond donors (Lipinski definition) is 2. The normalized spacial score (nSPS) is 37.3. The van der Waals surface area contributed by atoms with E-state index in [0.717, 1.165) is 32.1 Å². The maximum atomic E-state index is 12.1. The lowest BCUT2D eigenvalue weighted by molar-refractivity contribution is -0.127. The summed E-state index contributed by atoms with van der Waals surface area (Å²) in [6, 6.07) is 0.663. The Morgan fingerprint density at radius 1 is 1.18 bits per heavy atom. The molecule has 0 bridgehead atoms.